The van der Waals surface area contributed by atoms with Crippen LogP contribution in [0.3, 0.4) is 0 Å². The van der Waals surface area contributed by atoms with Gasteiger partial charge in [-0.1, -0.05) is 32.6 Å². The summed E-state index contributed by atoms with van der Waals surface area (Å²) >= 11 is 0. The number of nitrogens with one attached hydrogen (secondary N) is 1. The minimum absolute atomic E-state index is 0.113. The molecule has 0 atom stereocenters. The summed E-state index contributed by atoms with van der Waals surface area (Å²) in [5, 5.41) is 4.02. The molecule has 1 amide bonds. The summed E-state index contributed by atoms with van der Waals surface area (Å²) in [4.78, 5) is 24.6. The van der Waals surface area contributed by atoms with E-state index in [0.717, 1.165) is 19.3 Å². The summed E-state index contributed by atoms with van der Waals surface area (Å²) in [7, 11) is 3.02. The largest absolute Gasteiger partial charge is 0.493 e. The molecular weight excluding hydrogens is 436 g/mol. The second-order valence-corrected chi connectivity index (χ2v) is 7.56. The lowest BCUT2D eigenvalue weighted by atomic mass is 10.1. The molecule has 34 heavy (non-hydrogen) atoms. The zero-order chi connectivity index (χ0) is 24.8. The lowest BCUT2D eigenvalue weighted by molar-refractivity contribution is -0.121. The van der Waals surface area contributed by atoms with Gasteiger partial charge >= 0.3 is 5.97 Å². The molecule has 0 aliphatic rings. The maximum atomic E-state index is 12.7. The van der Waals surface area contributed by atoms with Crippen LogP contribution >= 0.6 is 0 Å². The van der Waals surface area contributed by atoms with Crippen LogP contribution in [0.5, 0.6) is 23.0 Å². The average molecular weight is 471 g/mol. The minimum atomic E-state index is -0.561. The highest BCUT2D eigenvalue weighted by molar-refractivity contribution is 5.92. The molecule has 8 nitrogen and oxygen atoms in total. The van der Waals surface area contributed by atoms with E-state index in [2.05, 4.69) is 17.5 Å². The third-order valence-electron chi connectivity index (χ3n) is 5.00. The van der Waals surface area contributed by atoms with Gasteiger partial charge in [0.25, 0.3) is 0 Å². The second-order valence-electron chi connectivity index (χ2n) is 7.56. The lowest BCUT2D eigenvalue weighted by Crippen LogP contribution is -2.16. The SMILES string of the molecule is CCCCCCCC(=O)N/N=C/c1ccc(OC(=O)c2ccc(OC)c(OC)c2)c(OCC)c1. The number of carbonyl (C=O) groups excluding carboxylic acids is 2. The molecule has 0 spiro atoms. The van der Waals surface area contributed by atoms with Crippen molar-refractivity contribution in [3.05, 3.63) is 47.5 Å². The molecule has 8 heteroatoms. The highest BCUT2D eigenvalue weighted by atomic mass is 16.6. The van der Waals surface area contributed by atoms with Crippen molar-refractivity contribution < 1.29 is 28.5 Å². The van der Waals surface area contributed by atoms with Crippen LogP contribution in [-0.4, -0.2) is 38.9 Å². The zero-order valence-electron chi connectivity index (χ0n) is 20.4. The molecule has 0 aliphatic heterocycles. The van der Waals surface area contributed by atoms with Crippen LogP contribution in [-0.2, 0) is 4.79 Å². The number of ether oxygens (including phenoxy) is 4. The van der Waals surface area contributed by atoms with E-state index in [1.165, 1.54) is 33.3 Å². The standard InChI is InChI=1S/C26H34N2O6/c1-5-7-8-9-10-11-25(29)28-27-18-19-12-14-22(24(16-19)33-6-2)34-26(30)20-13-15-21(31-3)23(17-20)32-4/h12-18H,5-11H2,1-4H3,(H,28,29)/b27-18+. The van der Waals surface area contributed by atoms with Crippen LogP contribution in [0, 0.1) is 0 Å². The summed E-state index contributed by atoms with van der Waals surface area (Å²) in [5.74, 6) is 0.933. The number of nitrogens with zero attached hydrogens (tertiary/aromatic N) is 1. The van der Waals surface area contributed by atoms with Crippen LogP contribution in [0.15, 0.2) is 41.5 Å². The molecule has 2 rings (SSSR count). The van der Waals surface area contributed by atoms with Gasteiger partial charge in [0.2, 0.25) is 5.91 Å². The monoisotopic (exact) mass is 470 g/mol. The summed E-state index contributed by atoms with van der Waals surface area (Å²) in [6.45, 7) is 4.38. The first-order valence-corrected chi connectivity index (χ1v) is 11.5. The van der Waals surface area contributed by atoms with Crippen molar-refractivity contribution in [2.45, 2.75) is 52.4 Å². The first-order valence-electron chi connectivity index (χ1n) is 11.5. The molecule has 2 aromatic rings. The molecule has 0 unspecified atom stereocenters. The third-order valence-corrected chi connectivity index (χ3v) is 5.00. The number of unbranched alkanes of at least 4 members (excludes halogenated alkanes) is 4. The third kappa shape index (κ3) is 8.42. The molecule has 0 saturated carbocycles. The molecule has 2 aromatic carbocycles. The van der Waals surface area contributed by atoms with Crippen molar-refractivity contribution in [3.63, 3.8) is 0 Å². The van der Waals surface area contributed by atoms with E-state index < -0.39 is 5.97 Å². The van der Waals surface area contributed by atoms with Crippen LogP contribution in [0.1, 0.15) is 68.3 Å². The van der Waals surface area contributed by atoms with E-state index in [-0.39, 0.29) is 11.7 Å². The van der Waals surface area contributed by atoms with Crippen molar-refractivity contribution in [2.75, 3.05) is 20.8 Å². The number of esters is 1. The fourth-order valence-corrected chi connectivity index (χ4v) is 3.20. The quantitative estimate of drug-likeness (QED) is 0.135. The fourth-order valence-electron chi connectivity index (χ4n) is 3.20. The molecule has 1 N–H and O–H groups in total. The lowest BCUT2D eigenvalue weighted by Gasteiger charge is -2.12. The van der Waals surface area contributed by atoms with E-state index in [1.54, 1.807) is 36.4 Å². The number of rotatable bonds is 14. The zero-order valence-corrected chi connectivity index (χ0v) is 20.4. The van der Waals surface area contributed by atoms with Gasteiger partial charge in [0.05, 0.1) is 32.6 Å². The highest BCUT2D eigenvalue weighted by Gasteiger charge is 2.16. The van der Waals surface area contributed by atoms with Crippen LogP contribution < -0.4 is 24.4 Å². The Balaban J connectivity index is 2.01. The topological polar surface area (TPSA) is 95.5 Å². The molecule has 0 fully saturated rings. The average Bonchev–Trinajstić information content (AvgIpc) is 2.85. The molecule has 0 radical (unpaired) electrons. The molecule has 184 valence electrons. The predicted octanol–water partition coefficient (Wildman–Crippen LogP) is 5.13. The van der Waals surface area contributed by atoms with E-state index >= 15 is 0 Å². The smallest absolute Gasteiger partial charge is 0.343 e. The van der Waals surface area contributed by atoms with Gasteiger partial charge in [-0.3, -0.25) is 4.79 Å². The summed E-state index contributed by atoms with van der Waals surface area (Å²) < 4.78 is 21.6. The van der Waals surface area contributed by atoms with E-state index in [0.29, 0.717) is 41.4 Å². The molecule has 0 heterocycles. The van der Waals surface area contributed by atoms with Crippen molar-refractivity contribution in [2.24, 2.45) is 5.10 Å². The van der Waals surface area contributed by atoms with Gasteiger partial charge in [0.1, 0.15) is 0 Å². The van der Waals surface area contributed by atoms with Crippen molar-refractivity contribution >= 4 is 18.1 Å². The molecule has 0 saturated heterocycles. The van der Waals surface area contributed by atoms with Crippen molar-refractivity contribution in [1.29, 1.82) is 0 Å². The van der Waals surface area contributed by atoms with Crippen LogP contribution in [0.4, 0.5) is 0 Å². The predicted molar refractivity (Wildman–Crippen MR) is 131 cm³/mol. The number of benzene rings is 2. The van der Waals surface area contributed by atoms with Gasteiger partial charge in [0.15, 0.2) is 23.0 Å². The Hall–Kier alpha value is -3.55. The van der Waals surface area contributed by atoms with Crippen LogP contribution in [0.2, 0.25) is 0 Å². The van der Waals surface area contributed by atoms with E-state index in [9.17, 15) is 9.59 Å². The molecular formula is C26H34N2O6. The maximum Gasteiger partial charge on any atom is 0.343 e. The number of hydrazone groups is 1. The van der Waals surface area contributed by atoms with Gasteiger partial charge in [-0.25, -0.2) is 10.2 Å². The Bertz CT molecular complexity index is 974. The van der Waals surface area contributed by atoms with E-state index in [1.807, 2.05) is 6.92 Å². The Morgan fingerprint density at radius 1 is 0.882 bits per heavy atom. The first kappa shape index (κ1) is 26.7. The minimum Gasteiger partial charge on any atom is -0.493 e. The maximum absolute atomic E-state index is 12.7. The molecule has 0 aliphatic carbocycles. The summed E-state index contributed by atoms with van der Waals surface area (Å²) in [6.07, 6.45) is 7.40. The van der Waals surface area contributed by atoms with Crippen LogP contribution in [0.25, 0.3) is 0 Å². The van der Waals surface area contributed by atoms with Gasteiger partial charge < -0.3 is 18.9 Å². The number of hydrogen-bond acceptors (Lipinski definition) is 7. The Morgan fingerprint density at radius 3 is 2.32 bits per heavy atom. The summed E-state index contributed by atoms with van der Waals surface area (Å²) in [5.41, 5.74) is 3.54. The van der Waals surface area contributed by atoms with Crippen molar-refractivity contribution in [1.82, 2.24) is 5.43 Å². The Morgan fingerprint density at radius 2 is 1.62 bits per heavy atom. The number of carbonyl (C=O) groups is 2. The number of amides is 1. The Kier molecular flexibility index (Phi) is 11.4. The fraction of sp³-hybridized carbons (Fsp3) is 0.423. The van der Waals surface area contributed by atoms with Gasteiger partial charge in [-0.05, 0) is 55.3 Å². The van der Waals surface area contributed by atoms with Crippen molar-refractivity contribution in [3.8, 4) is 23.0 Å². The summed E-state index contributed by atoms with van der Waals surface area (Å²) in [6, 6.07) is 9.83. The Labute approximate surface area is 201 Å². The highest BCUT2D eigenvalue weighted by Crippen LogP contribution is 2.31. The normalized spacial score (nSPS) is 10.7. The van der Waals surface area contributed by atoms with Gasteiger partial charge in [-0.15, -0.1) is 0 Å². The first-order chi connectivity index (χ1) is 16.5. The number of hydrogen-bond donors (Lipinski definition) is 1. The number of methoxy groups -OCH3 is 2. The van der Waals surface area contributed by atoms with Gasteiger partial charge in [-0.2, -0.15) is 5.10 Å². The molecule has 0 bridgehead atoms. The second kappa shape index (κ2) is 14.6. The molecule has 0 aromatic heterocycles. The van der Waals surface area contributed by atoms with Gasteiger partial charge in [0, 0.05) is 6.42 Å². The van der Waals surface area contributed by atoms with E-state index in [4.69, 9.17) is 18.9 Å².